The Morgan fingerprint density at radius 3 is 2.14 bits per heavy atom. The molecule has 19 N–H and O–H groups in total. The number of aliphatic carboxylic acids is 2. The molecule has 2 saturated heterocycles. The molecule has 27 nitrogen and oxygen atoms in total. The van der Waals surface area contributed by atoms with Gasteiger partial charge >= 0.3 is 11.9 Å². The van der Waals surface area contributed by atoms with Crippen molar-refractivity contribution >= 4 is 86.7 Å². The first kappa shape index (κ1) is 57.9. The van der Waals surface area contributed by atoms with E-state index in [-0.39, 0.29) is 81.4 Å². The van der Waals surface area contributed by atoms with E-state index in [0.717, 1.165) is 26.5 Å². The van der Waals surface area contributed by atoms with Crippen molar-refractivity contribution in [1.29, 1.82) is 0 Å². The highest BCUT2D eigenvalue weighted by Crippen LogP contribution is 2.24. The zero-order valence-electron chi connectivity index (χ0n) is 38.1. The van der Waals surface area contributed by atoms with Gasteiger partial charge in [0.05, 0.1) is 25.6 Å². The number of aliphatic hydroxyl groups excluding tert-OH is 1. The summed E-state index contributed by atoms with van der Waals surface area (Å²) in [7, 11) is 2.00. The summed E-state index contributed by atoms with van der Waals surface area (Å²) in [5.41, 5.74) is 23.0. The predicted octanol–water partition coefficient (Wildman–Crippen LogP) is -5.59. The summed E-state index contributed by atoms with van der Waals surface area (Å²) in [5.74, 6) is -11.1. The number of nitrogens with zero attached hydrogens (tertiary/aromatic N) is 2. The number of guanidine groups is 1. The smallest absolute Gasteiger partial charge is 0.326 e. The minimum absolute atomic E-state index is 0.00112. The van der Waals surface area contributed by atoms with E-state index < -0.39 is 127 Å². The fourth-order valence-corrected chi connectivity index (χ4v) is 9.36. The number of nitrogens with one attached hydrogen (secondary N) is 7. The lowest BCUT2D eigenvalue weighted by Crippen LogP contribution is -2.60. The highest BCUT2D eigenvalue weighted by Gasteiger charge is 2.40. The number of aliphatic imine (C=N–C) groups is 1. The van der Waals surface area contributed by atoms with Crippen molar-refractivity contribution in [3.63, 3.8) is 0 Å². The Hall–Kier alpha value is -6.43. The van der Waals surface area contributed by atoms with E-state index in [1.165, 1.54) is 24.3 Å². The van der Waals surface area contributed by atoms with Crippen molar-refractivity contribution < 1.29 is 68.4 Å². The number of amides is 8. The molecule has 2 aliphatic heterocycles. The second kappa shape index (κ2) is 29.6. The van der Waals surface area contributed by atoms with Gasteiger partial charge in [-0.25, -0.2) is 4.79 Å². The van der Waals surface area contributed by atoms with Crippen LogP contribution >= 0.6 is 21.6 Å². The van der Waals surface area contributed by atoms with Gasteiger partial charge in [-0.1, -0.05) is 33.7 Å². The normalized spacial score (nSPS) is 23.2. The van der Waals surface area contributed by atoms with E-state index in [4.69, 9.17) is 22.9 Å². The molecule has 0 unspecified atom stereocenters. The first-order valence-corrected chi connectivity index (χ1v) is 24.7. The Morgan fingerprint density at radius 1 is 0.829 bits per heavy atom. The maximum atomic E-state index is 14.1. The second-order valence-corrected chi connectivity index (χ2v) is 18.8. The van der Waals surface area contributed by atoms with Crippen molar-refractivity contribution in [1.82, 2.24) is 42.1 Å². The number of carboxylic acids is 2. The average Bonchev–Trinajstić information content (AvgIpc) is 3.81. The Morgan fingerprint density at radius 2 is 1.50 bits per heavy atom. The van der Waals surface area contributed by atoms with Crippen LogP contribution in [0.3, 0.4) is 0 Å². The number of hydrogen-bond acceptors (Lipinski definition) is 17. The summed E-state index contributed by atoms with van der Waals surface area (Å²) >= 11 is 0. The van der Waals surface area contributed by atoms with E-state index in [1.807, 2.05) is 0 Å². The number of benzene rings is 1. The van der Waals surface area contributed by atoms with Crippen LogP contribution in [0.25, 0.3) is 0 Å². The third-order valence-electron chi connectivity index (χ3n) is 10.8. The Bertz CT molecular complexity index is 2050. The number of phenolic OH excluding ortho intramolecular Hbond substituents is 1. The van der Waals surface area contributed by atoms with E-state index in [2.05, 4.69) is 42.2 Å². The lowest BCUT2D eigenvalue weighted by molar-refractivity contribution is -0.144. The van der Waals surface area contributed by atoms with Crippen LogP contribution in [-0.2, 0) is 54.4 Å². The first-order chi connectivity index (χ1) is 33.2. The fraction of sp³-hybridized carbons (Fsp3) is 0.585. The van der Waals surface area contributed by atoms with Crippen LogP contribution in [0.2, 0.25) is 0 Å². The van der Waals surface area contributed by atoms with Gasteiger partial charge < -0.3 is 85.5 Å². The third-order valence-corrected chi connectivity index (χ3v) is 13.2. The van der Waals surface area contributed by atoms with Gasteiger partial charge in [0.25, 0.3) is 0 Å². The van der Waals surface area contributed by atoms with Gasteiger partial charge in [0, 0.05) is 31.0 Å². The molecule has 70 heavy (non-hydrogen) atoms. The lowest BCUT2D eigenvalue weighted by atomic mass is 10.0. The molecule has 2 aliphatic rings. The highest BCUT2D eigenvalue weighted by atomic mass is 33.1. The molecular weight excluding hydrogens is 963 g/mol. The molecule has 2 heterocycles. The van der Waals surface area contributed by atoms with Crippen molar-refractivity contribution in [3.8, 4) is 5.75 Å². The summed E-state index contributed by atoms with van der Waals surface area (Å²) in [5, 5.41) is 56.5. The fourth-order valence-electron chi connectivity index (χ4n) is 7.07. The van der Waals surface area contributed by atoms with Crippen molar-refractivity contribution in [2.24, 2.45) is 27.9 Å². The van der Waals surface area contributed by atoms with Gasteiger partial charge in [0.1, 0.15) is 48.0 Å². The number of carbonyl (C=O) groups is 10. The predicted molar refractivity (Wildman–Crippen MR) is 254 cm³/mol. The molecule has 0 radical (unpaired) electrons. The Labute approximate surface area is 409 Å². The molecule has 2 fully saturated rings. The number of fused-ring (bicyclic) bond motifs is 1. The summed E-state index contributed by atoms with van der Waals surface area (Å²) in [6.45, 7) is -1.53. The number of carboxylic acid groups (broad SMARTS) is 2. The highest BCUT2D eigenvalue weighted by molar-refractivity contribution is 8.76. The first-order valence-electron chi connectivity index (χ1n) is 22.2. The van der Waals surface area contributed by atoms with Crippen LogP contribution in [-0.4, -0.2) is 183 Å². The molecule has 8 atom stereocenters. The van der Waals surface area contributed by atoms with Crippen LogP contribution in [0, 0.1) is 0 Å². The van der Waals surface area contributed by atoms with Gasteiger partial charge in [0.15, 0.2) is 5.96 Å². The molecule has 1 aromatic rings. The molecule has 388 valence electrons. The van der Waals surface area contributed by atoms with Crippen molar-refractivity contribution in [2.45, 2.75) is 106 Å². The largest absolute Gasteiger partial charge is 0.508 e. The molecule has 8 amide bonds. The van der Waals surface area contributed by atoms with E-state index in [1.54, 1.807) is 0 Å². The van der Waals surface area contributed by atoms with Gasteiger partial charge in [-0.05, 0) is 69.2 Å². The summed E-state index contributed by atoms with van der Waals surface area (Å²) < 4.78 is 0. The van der Waals surface area contributed by atoms with Crippen LogP contribution in [0.15, 0.2) is 29.3 Å². The average molecular weight is 1030 g/mol. The van der Waals surface area contributed by atoms with Gasteiger partial charge in [0.2, 0.25) is 47.3 Å². The maximum Gasteiger partial charge on any atom is 0.326 e. The summed E-state index contributed by atoms with van der Waals surface area (Å²) in [6, 6.07) is -6.15. The number of hydrogen-bond donors (Lipinski definition) is 15. The van der Waals surface area contributed by atoms with Crippen molar-refractivity contribution in [2.75, 3.05) is 44.3 Å². The van der Waals surface area contributed by atoms with Crippen LogP contribution in [0.1, 0.15) is 56.9 Å². The third kappa shape index (κ3) is 19.5. The molecule has 0 saturated carbocycles. The van der Waals surface area contributed by atoms with Crippen LogP contribution < -0.4 is 60.2 Å². The van der Waals surface area contributed by atoms with Crippen LogP contribution in [0.5, 0.6) is 5.75 Å². The molecule has 3 rings (SSSR count). The number of nitrogens with two attached hydrogens (primary N) is 4. The van der Waals surface area contributed by atoms with Gasteiger partial charge in [-0.2, -0.15) is 0 Å². The maximum absolute atomic E-state index is 14.1. The summed E-state index contributed by atoms with van der Waals surface area (Å²) in [4.78, 5) is 138. The van der Waals surface area contributed by atoms with E-state index in [0.29, 0.717) is 18.4 Å². The number of aliphatic hydroxyl groups is 1. The van der Waals surface area contributed by atoms with Gasteiger partial charge in [-0.3, -0.25) is 48.1 Å². The molecule has 29 heteroatoms. The number of unbranched alkanes of at least 4 members (excludes halogenated alkanes) is 1. The minimum atomic E-state index is -1.87. The van der Waals surface area contributed by atoms with Crippen molar-refractivity contribution in [3.05, 3.63) is 29.8 Å². The van der Waals surface area contributed by atoms with Gasteiger partial charge in [-0.15, -0.1) is 0 Å². The number of carbonyl (C=O) groups excluding carboxylic acids is 8. The zero-order valence-corrected chi connectivity index (χ0v) is 39.8. The molecule has 0 bridgehead atoms. The Balaban J connectivity index is 1.95. The number of phenols is 1. The van der Waals surface area contributed by atoms with E-state index >= 15 is 0 Å². The van der Waals surface area contributed by atoms with Crippen LogP contribution in [0.4, 0.5) is 0 Å². The quantitative estimate of drug-likeness (QED) is 0.0282. The lowest BCUT2D eigenvalue weighted by Gasteiger charge is -2.30. The topological polar surface area (TPSA) is 456 Å². The monoisotopic (exact) mass is 1030 g/mol. The standard InChI is InChI=1S/C41H63N13O14S2/c42-12-2-1-5-25(35(62)51-27(40(67)68)15-21-8-10-22(56)11-9-21)49-37(64)29-20-70-69-19-23(43)33(60)47-17-31(57)48-24(6-3-13-46-41(44)45)34(61)50-26(16-32(58)59)36(63)52-28(18-55)39(66)54-14-4-7-30(54)38(65)53-29/h8-11,23-30,55-56H,1-7,12-20,42-43H2,(H,47,60)(H,48,57)(H,49,64)(H,50,61)(H,51,62)(H,52,63)(H,53,65)(H,58,59)(H,67,68)(H4,44,45,46)/t23-,24+,25+,26+,27+,28+,29+,30+/m1/s1. The zero-order chi connectivity index (χ0) is 51.9. The molecule has 0 spiro atoms. The number of rotatable bonds is 18. The molecular formula is C41H63N13O14S2. The minimum Gasteiger partial charge on any atom is -0.508 e. The summed E-state index contributed by atoms with van der Waals surface area (Å²) in [6.07, 6.45) is -0.167. The number of aromatic hydroxyl groups is 1. The van der Waals surface area contributed by atoms with E-state index in [9.17, 15) is 68.4 Å². The molecule has 1 aromatic carbocycles. The molecule has 0 aliphatic carbocycles. The Kier molecular flexibility index (Phi) is 24.4. The SMILES string of the molecule is NCCCC[C@H](NC(=O)[C@@H]1CSSC[C@@H](N)C(=O)NCC(=O)N[C@@H](CCCN=C(N)N)C(=O)N[C@@H](CC(=O)O)C(=O)N[C@@H](CO)C(=O)N2CCC[C@H]2C(=O)N1)C(=O)N[C@@H](Cc1ccc(O)cc1)C(=O)O. The second-order valence-electron chi connectivity index (χ2n) is 16.2. The molecule has 0 aromatic heterocycles.